The van der Waals surface area contributed by atoms with Gasteiger partial charge in [0.15, 0.2) is 5.69 Å². The van der Waals surface area contributed by atoms with Gasteiger partial charge in [0.05, 0.1) is 24.9 Å². The van der Waals surface area contributed by atoms with E-state index in [1.807, 2.05) is 32.9 Å². The second-order valence-electron chi connectivity index (χ2n) is 8.41. The highest BCUT2D eigenvalue weighted by Crippen LogP contribution is 2.21. The van der Waals surface area contributed by atoms with Crippen molar-refractivity contribution in [1.29, 1.82) is 0 Å². The lowest BCUT2D eigenvalue weighted by Crippen LogP contribution is -2.38. The Bertz CT molecular complexity index is 994. The summed E-state index contributed by atoms with van der Waals surface area (Å²) in [6, 6.07) is 8.06. The fraction of sp³-hybridized carbons (Fsp3) is 0.476. The number of anilines is 1. The van der Waals surface area contributed by atoms with Crippen LogP contribution in [0.1, 0.15) is 31.3 Å². The molecule has 0 bridgehead atoms. The third-order valence-electron chi connectivity index (χ3n) is 5.20. The van der Waals surface area contributed by atoms with Crippen LogP contribution in [0.3, 0.4) is 0 Å². The molecule has 2 aromatic heterocycles. The van der Waals surface area contributed by atoms with Gasteiger partial charge in [0.1, 0.15) is 0 Å². The van der Waals surface area contributed by atoms with Crippen LogP contribution in [-0.4, -0.2) is 63.2 Å². The molecule has 0 aliphatic carbocycles. The second kappa shape index (κ2) is 7.96. The lowest BCUT2D eigenvalue weighted by molar-refractivity contribution is 0.0365. The zero-order chi connectivity index (χ0) is 20.4. The van der Waals surface area contributed by atoms with Gasteiger partial charge < -0.3 is 14.6 Å². The predicted octanol–water partition coefficient (Wildman–Crippen LogP) is 2.57. The molecule has 1 amide bonds. The summed E-state index contributed by atoms with van der Waals surface area (Å²) in [7, 11) is 0. The minimum atomic E-state index is -0.258. The molecule has 4 rings (SSSR count). The lowest BCUT2D eigenvalue weighted by atomic mass is 10.1. The van der Waals surface area contributed by atoms with Gasteiger partial charge in [-0.1, -0.05) is 5.21 Å². The Hall–Kier alpha value is -2.71. The van der Waals surface area contributed by atoms with Crippen LogP contribution in [0.5, 0.6) is 0 Å². The number of hydrogen-bond donors (Lipinski definition) is 1. The van der Waals surface area contributed by atoms with Crippen molar-refractivity contribution in [3.05, 3.63) is 42.4 Å². The zero-order valence-electron chi connectivity index (χ0n) is 17.3. The number of aromatic nitrogens is 4. The van der Waals surface area contributed by atoms with Crippen LogP contribution in [0.4, 0.5) is 5.69 Å². The van der Waals surface area contributed by atoms with E-state index in [0.717, 1.165) is 56.0 Å². The van der Waals surface area contributed by atoms with Gasteiger partial charge in [-0.15, -0.1) is 5.10 Å². The van der Waals surface area contributed by atoms with Crippen molar-refractivity contribution >= 4 is 22.5 Å². The van der Waals surface area contributed by atoms with Crippen LogP contribution < -0.4 is 5.32 Å². The highest BCUT2D eigenvalue weighted by atomic mass is 16.5. The minimum Gasteiger partial charge on any atom is -0.379 e. The van der Waals surface area contributed by atoms with E-state index in [1.54, 1.807) is 10.9 Å². The van der Waals surface area contributed by atoms with Gasteiger partial charge in [-0.25, -0.2) is 4.68 Å². The van der Waals surface area contributed by atoms with Gasteiger partial charge in [0.2, 0.25) is 0 Å². The standard InChI is InChI=1S/C21H28N6O2/c1-21(2,3)27-15-18(23-24-27)20(28)22-17-4-5-19-16(14-17)6-7-26(19)9-8-25-10-12-29-13-11-25/h4-7,14-15H,8-13H2,1-3H3,(H,22,28). The van der Waals surface area contributed by atoms with Crippen molar-refractivity contribution in [2.75, 3.05) is 38.2 Å². The molecule has 29 heavy (non-hydrogen) atoms. The summed E-state index contributed by atoms with van der Waals surface area (Å²) < 4.78 is 9.36. The number of amides is 1. The highest BCUT2D eigenvalue weighted by molar-refractivity contribution is 6.03. The summed E-state index contributed by atoms with van der Waals surface area (Å²) in [5.74, 6) is -0.258. The van der Waals surface area contributed by atoms with Crippen molar-refractivity contribution in [2.45, 2.75) is 32.9 Å². The molecule has 3 aromatic rings. The maximum atomic E-state index is 12.5. The van der Waals surface area contributed by atoms with Gasteiger partial charge in [0.25, 0.3) is 5.91 Å². The minimum absolute atomic E-state index is 0.214. The van der Waals surface area contributed by atoms with Gasteiger partial charge in [-0.05, 0) is 45.0 Å². The summed E-state index contributed by atoms with van der Waals surface area (Å²) in [6.07, 6.45) is 3.78. The number of ether oxygens (including phenoxy) is 1. The Balaban J connectivity index is 1.42. The number of hydrogen-bond acceptors (Lipinski definition) is 5. The van der Waals surface area contributed by atoms with Crippen molar-refractivity contribution in [1.82, 2.24) is 24.5 Å². The first-order valence-electron chi connectivity index (χ1n) is 10.0. The average molecular weight is 396 g/mol. The lowest BCUT2D eigenvalue weighted by Gasteiger charge is -2.26. The number of benzene rings is 1. The molecular formula is C21H28N6O2. The van der Waals surface area contributed by atoms with E-state index in [0.29, 0.717) is 5.69 Å². The summed E-state index contributed by atoms with van der Waals surface area (Å²) in [5, 5.41) is 12.1. The average Bonchev–Trinajstić information content (AvgIpc) is 3.34. The van der Waals surface area contributed by atoms with Crippen molar-refractivity contribution in [3.8, 4) is 0 Å². The molecular weight excluding hydrogens is 368 g/mol. The van der Waals surface area contributed by atoms with Crippen molar-refractivity contribution < 1.29 is 9.53 Å². The third-order valence-corrected chi connectivity index (χ3v) is 5.20. The molecule has 0 radical (unpaired) electrons. The maximum Gasteiger partial charge on any atom is 0.277 e. The molecule has 8 heteroatoms. The van der Waals surface area contributed by atoms with Crippen molar-refractivity contribution in [3.63, 3.8) is 0 Å². The highest BCUT2D eigenvalue weighted by Gasteiger charge is 2.18. The van der Waals surface area contributed by atoms with E-state index in [9.17, 15) is 4.79 Å². The summed E-state index contributed by atoms with van der Waals surface area (Å²) in [4.78, 5) is 15.0. The molecule has 1 N–H and O–H groups in total. The van der Waals surface area contributed by atoms with E-state index < -0.39 is 0 Å². The quantitative estimate of drug-likeness (QED) is 0.717. The van der Waals surface area contributed by atoms with Crippen LogP contribution in [0.25, 0.3) is 10.9 Å². The number of fused-ring (bicyclic) bond motifs is 1. The van der Waals surface area contributed by atoms with E-state index in [1.165, 1.54) is 0 Å². The smallest absolute Gasteiger partial charge is 0.277 e. The van der Waals surface area contributed by atoms with Gasteiger partial charge in [-0.2, -0.15) is 0 Å². The fourth-order valence-electron chi connectivity index (χ4n) is 3.44. The maximum absolute atomic E-state index is 12.5. The summed E-state index contributed by atoms with van der Waals surface area (Å²) in [5.41, 5.74) is 2.01. The number of rotatable bonds is 5. The topological polar surface area (TPSA) is 77.2 Å². The number of morpholine rings is 1. The summed E-state index contributed by atoms with van der Waals surface area (Å²) in [6.45, 7) is 11.6. The number of nitrogens with zero attached hydrogens (tertiary/aromatic N) is 5. The Morgan fingerprint density at radius 2 is 1.97 bits per heavy atom. The normalized spacial score (nSPS) is 15.7. The molecule has 0 spiro atoms. The van der Waals surface area contributed by atoms with Crippen LogP contribution in [0.2, 0.25) is 0 Å². The molecule has 0 unspecified atom stereocenters. The molecule has 8 nitrogen and oxygen atoms in total. The van der Waals surface area contributed by atoms with E-state index in [2.05, 4.69) is 43.4 Å². The first-order chi connectivity index (χ1) is 13.9. The zero-order valence-corrected chi connectivity index (χ0v) is 17.3. The van der Waals surface area contributed by atoms with Crippen LogP contribution in [-0.2, 0) is 16.8 Å². The van der Waals surface area contributed by atoms with Crippen LogP contribution >= 0.6 is 0 Å². The molecule has 1 aliphatic heterocycles. The number of carbonyl (C=O) groups excluding carboxylic acids is 1. The SMILES string of the molecule is CC(C)(C)n1cc(C(=O)Nc2ccc3c(ccn3CCN3CCOCC3)c2)nn1. The number of carbonyl (C=O) groups is 1. The Kier molecular flexibility index (Phi) is 5.38. The second-order valence-corrected chi connectivity index (χ2v) is 8.41. The van der Waals surface area contributed by atoms with Crippen LogP contribution in [0, 0.1) is 0 Å². The third kappa shape index (κ3) is 4.49. The Morgan fingerprint density at radius 1 is 1.17 bits per heavy atom. The Morgan fingerprint density at radius 3 is 2.69 bits per heavy atom. The van der Waals surface area contributed by atoms with E-state index >= 15 is 0 Å². The molecule has 1 fully saturated rings. The van der Waals surface area contributed by atoms with Crippen molar-refractivity contribution in [2.24, 2.45) is 0 Å². The number of nitrogens with one attached hydrogen (secondary N) is 1. The van der Waals surface area contributed by atoms with Gasteiger partial charge in [0, 0.05) is 49.0 Å². The first-order valence-corrected chi connectivity index (χ1v) is 10.0. The molecule has 0 atom stereocenters. The largest absolute Gasteiger partial charge is 0.379 e. The monoisotopic (exact) mass is 396 g/mol. The Labute approximate surface area is 170 Å². The molecule has 1 aliphatic rings. The first kappa shape index (κ1) is 19.6. The van der Waals surface area contributed by atoms with E-state index in [4.69, 9.17) is 4.74 Å². The van der Waals surface area contributed by atoms with Gasteiger partial charge in [-0.3, -0.25) is 9.69 Å². The molecule has 1 saturated heterocycles. The van der Waals surface area contributed by atoms with E-state index in [-0.39, 0.29) is 11.4 Å². The fourth-order valence-corrected chi connectivity index (χ4v) is 3.44. The predicted molar refractivity (Wildman–Crippen MR) is 112 cm³/mol. The van der Waals surface area contributed by atoms with Gasteiger partial charge >= 0.3 is 0 Å². The molecule has 154 valence electrons. The summed E-state index contributed by atoms with van der Waals surface area (Å²) >= 11 is 0. The molecule has 0 saturated carbocycles. The van der Waals surface area contributed by atoms with Crippen LogP contribution in [0.15, 0.2) is 36.7 Å². The molecule has 3 heterocycles. The molecule has 1 aromatic carbocycles.